The molecular weight excluding hydrogens is 248 g/mol. The van der Waals surface area contributed by atoms with Crippen LogP contribution >= 0.6 is 36.5 Å². The van der Waals surface area contributed by atoms with E-state index in [1.54, 1.807) is 0 Å². The van der Waals surface area contributed by atoms with Gasteiger partial charge in [0.1, 0.15) is 12.0 Å². The Balaban J connectivity index is 1.81. The van der Waals surface area contributed by atoms with Crippen LogP contribution in [-0.2, 0) is 4.18 Å². The second-order valence-electron chi connectivity index (χ2n) is 4.33. The Bertz CT molecular complexity index is 287. The maximum Gasteiger partial charge on any atom is 0.270 e. The summed E-state index contributed by atoms with van der Waals surface area (Å²) >= 11 is 10.7. The molecule has 0 radical (unpaired) electrons. The molecule has 0 atom stereocenters. The molecule has 0 aromatic rings. The summed E-state index contributed by atoms with van der Waals surface area (Å²) in [5.74, 6) is 0.892. The van der Waals surface area contributed by atoms with Gasteiger partial charge in [0.15, 0.2) is 4.32 Å². The summed E-state index contributed by atoms with van der Waals surface area (Å²) in [6, 6.07) is 0. The number of rotatable bonds is 1. The highest BCUT2D eigenvalue weighted by Gasteiger charge is 2.45. The lowest BCUT2D eigenvalue weighted by molar-refractivity contribution is 0.364. The zero-order chi connectivity index (χ0) is 10.9. The van der Waals surface area contributed by atoms with E-state index in [2.05, 4.69) is 17.5 Å². The van der Waals surface area contributed by atoms with E-state index < -0.39 is 0 Å². The molecule has 3 N–H and O–H groups in total. The van der Waals surface area contributed by atoms with Crippen LogP contribution in [0.5, 0.6) is 0 Å². The molecule has 2 rings (SSSR count). The van der Waals surface area contributed by atoms with Gasteiger partial charge < -0.3 is 15.2 Å². The van der Waals surface area contributed by atoms with Crippen LogP contribution < -0.4 is 11.1 Å². The SMILES string of the molecule is NC(=S)SOC(=S)NC12CCC(CC1)C2. The molecule has 0 amide bonds. The van der Waals surface area contributed by atoms with Crippen molar-refractivity contribution in [1.82, 2.24) is 5.32 Å². The quantitative estimate of drug-likeness (QED) is 0.557. The van der Waals surface area contributed by atoms with Crippen LogP contribution in [0.2, 0.25) is 0 Å². The van der Waals surface area contributed by atoms with Crippen LogP contribution in [0.4, 0.5) is 0 Å². The van der Waals surface area contributed by atoms with E-state index in [-0.39, 0.29) is 9.86 Å². The molecule has 6 heteroatoms. The third-order valence-electron chi connectivity index (χ3n) is 3.31. The van der Waals surface area contributed by atoms with Gasteiger partial charge in [-0.15, -0.1) is 0 Å². The number of hydrogen-bond acceptors (Lipinski definition) is 4. The van der Waals surface area contributed by atoms with Gasteiger partial charge in [0.05, 0.1) is 0 Å². The van der Waals surface area contributed by atoms with Crippen LogP contribution in [-0.4, -0.2) is 15.0 Å². The molecule has 2 saturated carbocycles. The van der Waals surface area contributed by atoms with Crippen LogP contribution in [0.3, 0.4) is 0 Å². The van der Waals surface area contributed by atoms with Crippen molar-refractivity contribution in [3.63, 3.8) is 0 Å². The Labute approximate surface area is 105 Å². The lowest BCUT2D eigenvalue weighted by Crippen LogP contribution is -2.44. The number of nitrogens with two attached hydrogens (primary N) is 1. The molecule has 2 aliphatic rings. The Morgan fingerprint density at radius 1 is 1.40 bits per heavy atom. The first-order valence-corrected chi connectivity index (χ1v) is 6.62. The fourth-order valence-electron chi connectivity index (χ4n) is 2.68. The van der Waals surface area contributed by atoms with Crippen LogP contribution in [0, 0.1) is 5.92 Å². The molecule has 0 spiro atoms. The Morgan fingerprint density at radius 3 is 2.53 bits per heavy atom. The highest BCUT2D eigenvalue weighted by molar-refractivity contribution is 8.20. The van der Waals surface area contributed by atoms with E-state index in [1.165, 1.54) is 32.1 Å². The average molecular weight is 262 g/mol. The Hall–Kier alpha value is -0.0700. The molecule has 0 aliphatic heterocycles. The molecule has 0 aromatic heterocycles. The molecule has 0 unspecified atom stereocenters. The summed E-state index contributed by atoms with van der Waals surface area (Å²) in [5.41, 5.74) is 5.51. The lowest BCUT2D eigenvalue weighted by atomic mass is 9.94. The molecule has 2 bridgehead atoms. The highest BCUT2D eigenvalue weighted by Crippen LogP contribution is 2.47. The first-order chi connectivity index (χ1) is 7.10. The minimum Gasteiger partial charge on any atom is -0.390 e. The van der Waals surface area contributed by atoms with Gasteiger partial charge in [-0.1, -0.05) is 0 Å². The monoisotopic (exact) mass is 262 g/mol. The Morgan fingerprint density at radius 2 is 2.07 bits per heavy atom. The maximum atomic E-state index is 5.30. The maximum absolute atomic E-state index is 5.30. The minimum absolute atomic E-state index is 0.207. The number of nitrogens with one attached hydrogen (secondary N) is 1. The largest absolute Gasteiger partial charge is 0.390 e. The fraction of sp³-hybridized carbons (Fsp3) is 0.778. The van der Waals surface area contributed by atoms with Gasteiger partial charge in [0.2, 0.25) is 0 Å². The summed E-state index contributed by atoms with van der Waals surface area (Å²) in [6.07, 6.45) is 6.28. The summed E-state index contributed by atoms with van der Waals surface area (Å²) in [4.78, 5) is 0. The lowest BCUT2D eigenvalue weighted by Gasteiger charge is -2.28. The molecule has 0 saturated heterocycles. The molecule has 2 aliphatic carbocycles. The number of thiocarbonyl (C=S) groups is 2. The van der Waals surface area contributed by atoms with Gasteiger partial charge >= 0.3 is 0 Å². The van der Waals surface area contributed by atoms with E-state index in [4.69, 9.17) is 22.1 Å². The van der Waals surface area contributed by atoms with Crippen LogP contribution in [0.15, 0.2) is 0 Å². The second-order valence-corrected chi connectivity index (χ2v) is 6.17. The van der Waals surface area contributed by atoms with Gasteiger partial charge in [0, 0.05) is 5.54 Å². The van der Waals surface area contributed by atoms with Crippen molar-refractivity contribution in [2.45, 2.75) is 37.6 Å². The summed E-state index contributed by atoms with van der Waals surface area (Å²) in [5, 5.41) is 3.72. The molecule has 15 heavy (non-hydrogen) atoms. The van der Waals surface area contributed by atoms with Crippen molar-refractivity contribution >= 4 is 46.0 Å². The number of fused-ring (bicyclic) bond motifs is 2. The third-order valence-corrected chi connectivity index (χ3v) is 4.22. The van der Waals surface area contributed by atoms with Crippen molar-refractivity contribution in [1.29, 1.82) is 0 Å². The van der Waals surface area contributed by atoms with E-state index >= 15 is 0 Å². The first-order valence-electron chi connectivity index (χ1n) is 5.06. The van der Waals surface area contributed by atoms with E-state index in [9.17, 15) is 0 Å². The minimum atomic E-state index is 0.207. The standard InChI is InChI=1S/C9H14N2OS3/c10-7(13)15-12-8(14)11-9-3-1-6(5-9)2-4-9/h6H,1-5H2,(H2,10,13)(H,11,14). The molecule has 84 valence electrons. The van der Waals surface area contributed by atoms with Crippen LogP contribution in [0.25, 0.3) is 0 Å². The third kappa shape index (κ3) is 2.73. The fourth-order valence-corrected chi connectivity index (χ4v) is 3.30. The number of hydrogen-bond donors (Lipinski definition) is 2. The summed E-state index contributed by atoms with van der Waals surface area (Å²) < 4.78 is 5.44. The summed E-state index contributed by atoms with van der Waals surface area (Å²) in [6.45, 7) is 0. The molecule has 0 heterocycles. The van der Waals surface area contributed by atoms with Crippen LogP contribution in [0.1, 0.15) is 32.1 Å². The highest BCUT2D eigenvalue weighted by atomic mass is 32.2. The van der Waals surface area contributed by atoms with Gasteiger partial charge in [-0.3, -0.25) is 0 Å². The predicted octanol–water partition coefficient (Wildman–Crippen LogP) is 2.10. The van der Waals surface area contributed by atoms with Gasteiger partial charge in [0.25, 0.3) is 5.17 Å². The van der Waals surface area contributed by atoms with Crippen molar-refractivity contribution in [3.8, 4) is 0 Å². The predicted molar refractivity (Wildman–Crippen MR) is 70.5 cm³/mol. The van der Waals surface area contributed by atoms with Gasteiger partial charge in [-0.25, -0.2) is 0 Å². The molecule has 2 fully saturated rings. The second kappa shape index (κ2) is 4.43. The zero-order valence-electron chi connectivity index (χ0n) is 8.32. The molecule has 0 aromatic carbocycles. The van der Waals surface area contributed by atoms with E-state index in [0.717, 1.165) is 18.0 Å². The van der Waals surface area contributed by atoms with E-state index in [0.29, 0.717) is 5.17 Å². The smallest absolute Gasteiger partial charge is 0.270 e. The van der Waals surface area contributed by atoms with Gasteiger partial charge in [-0.05, 0) is 62.5 Å². The van der Waals surface area contributed by atoms with Crippen molar-refractivity contribution in [3.05, 3.63) is 0 Å². The zero-order valence-corrected chi connectivity index (χ0v) is 10.8. The summed E-state index contributed by atoms with van der Waals surface area (Å²) in [7, 11) is 0. The van der Waals surface area contributed by atoms with Crippen molar-refractivity contribution < 1.29 is 4.18 Å². The van der Waals surface area contributed by atoms with Gasteiger partial charge in [-0.2, -0.15) is 0 Å². The topological polar surface area (TPSA) is 47.3 Å². The average Bonchev–Trinajstić information content (AvgIpc) is 2.74. The Kier molecular flexibility index (Phi) is 3.37. The van der Waals surface area contributed by atoms with Crippen molar-refractivity contribution in [2.24, 2.45) is 11.7 Å². The molecular formula is C9H14N2OS3. The first kappa shape index (κ1) is 11.4. The normalized spacial score (nSPS) is 32.7. The molecule has 3 nitrogen and oxygen atoms in total. The van der Waals surface area contributed by atoms with Crippen molar-refractivity contribution in [2.75, 3.05) is 0 Å². The van der Waals surface area contributed by atoms with E-state index in [1.807, 2.05) is 0 Å².